The number of carboxylic acids is 1. The van der Waals surface area contributed by atoms with E-state index in [1.807, 2.05) is 0 Å². The number of hydrogen-bond donors (Lipinski definition) is 1. The van der Waals surface area contributed by atoms with Gasteiger partial charge in [-0.2, -0.15) is 0 Å². The van der Waals surface area contributed by atoms with Gasteiger partial charge < -0.3 is 10.0 Å². The molecule has 0 atom stereocenters. The predicted octanol–water partition coefficient (Wildman–Crippen LogP) is 0.302. The van der Waals surface area contributed by atoms with Crippen molar-refractivity contribution >= 4 is 22.5 Å². The lowest BCUT2D eigenvalue weighted by molar-refractivity contribution is 0.0691. The summed E-state index contributed by atoms with van der Waals surface area (Å²) in [4.78, 5) is 12.1. The van der Waals surface area contributed by atoms with Gasteiger partial charge in [-0.3, -0.25) is 0 Å². The zero-order valence-electron chi connectivity index (χ0n) is 6.11. The summed E-state index contributed by atoms with van der Waals surface area (Å²) in [5.41, 5.74) is 0.0139. The van der Waals surface area contributed by atoms with E-state index in [1.165, 1.54) is 0 Å². The van der Waals surface area contributed by atoms with Gasteiger partial charge in [0.05, 0.1) is 0 Å². The smallest absolute Gasteiger partial charge is 0.359 e. The number of nitrogens with zero attached hydrogens (tertiary/aromatic N) is 3. The molecule has 0 aliphatic heterocycles. The van der Waals surface area contributed by atoms with Crippen LogP contribution in [0.5, 0.6) is 0 Å². The highest BCUT2D eigenvalue weighted by Crippen LogP contribution is 2.19. The standard InChI is InChI=1S/C5H7N3O2S/c1-8(2)4-3(5(9)10)6-7-11-4/h1-2H3,(H,9,10). The monoisotopic (exact) mass is 173 g/mol. The van der Waals surface area contributed by atoms with Crippen molar-refractivity contribution in [1.29, 1.82) is 0 Å². The third-order valence-corrected chi connectivity index (χ3v) is 1.97. The summed E-state index contributed by atoms with van der Waals surface area (Å²) in [6.45, 7) is 0. The lowest BCUT2D eigenvalue weighted by Crippen LogP contribution is -2.11. The van der Waals surface area contributed by atoms with E-state index in [1.54, 1.807) is 19.0 Å². The van der Waals surface area contributed by atoms with Gasteiger partial charge in [-0.15, -0.1) is 5.10 Å². The highest BCUT2D eigenvalue weighted by molar-refractivity contribution is 7.10. The Hall–Kier alpha value is -1.17. The molecule has 1 heterocycles. The SMILES string of the molecule is CN(C)c1snnc1C(=O)O. The van der Waals surface area contributed by atoms with Gasteiger partial charge >= 0.3 is 5.97 Å². The molecule has 0 saturated heterocycles. The summed E-state index contributed by atoms with van der Waals surface area (Å²) in [5.74, 6) is -1.04. The first-order valence-corrected chi connectivity index (χ1v) is 3.63. The molecule has 1 aromatic heterocycles. The number of carbonyl (C=O) groups is 1. The van der Waals surface area contributed by atoms with Gasteiger partial charge in [-0.05, 0) is 0 Å². The van der Waals surface area contributed by atoms with E-state index in [2.05, 4.69) is 9.59 Å². The van der Waals surface area contributed by atoms with Crippen LogP contribution in [0.1, 0.15) is 10.5 Å². The molecular formula is C5H7N3O2S. The minimum absolute atomic E-state index is 0.0139. The average Bonchev–Trinajstić information content (AvgIpc) is 2.32. The van der Waals surface area contributed by atoms with Crippen molar-refractivity contribution in [3.05, 3.63) is 5.69 Å². The number of aromatic carboxylic acids is 1. The third-order valence-electron chi connectivity index (χ3n) is 1.08. The molecule has 11 heavy (non-hydrogen) atoms. The lowest BCUT2D eigenvalue weighted by atomic mass is 10.4. The van der Waals surface area contributed by atoms with Crippen LogP contribution in [0.4, 0.5) is 5.00 Å². The van der Waals surface area contributed by atoms with Gasteiger partial charge in [0.15, 0.2) is 0 Å². The summed E-state index contributed by atoms with van der Waals surface area (Å²) in [6.07, 6.45) is 0. The van der Waals surface area contributed by atoms with Crippen LogP contribution in [0.2, 0.25) is 0 Å². The first-order chi connectivity index (χ1) is 5.13. The second kappa shape index (κ2) is 2.83. The predicted molar refractivity (Wildman–Crippen MR) is 41.2 cm³/mol. The van der Waals surface area contributed by atoms with Gasteiger partial charge in [-0.1, -0.05) is 4.49 Å². The fourth-order valence-corrected chi connectivity index (χ4v) is 1.19. The van der Waals surface area contributed by atoms with Crippen molar-refractivity contribution in [3.63, 3.8) is 0 Å². The maximum Gasteiger partial charge on any atom is 0.359 e. The molecule has 0 aromatic carbocycles. The fourth-order valence-electron chi connectivity index (χ4n) is 0.614. The maximum atomic E-state index is 10.5. The minimum Gasteiger partial charge on any atom is -0.476 e. The molecule has 5 nitrogen and oxygen atoms in total. The molecular weight excluding hydrogens is 166 g/mol. The Morgan fingerprint density at radius 3 is 2.64 bits per heavy atom. The van der Waals surface area contributed by atoms with Crippen molar-refractivity contribution < 1.29 is 9.90 Å². The van der Waals surface area contributed by atoms with Gasteiger partial charge in [0.1, 0.15) is 5.00 Å². The van der Waals surface area contributed by atoms with Crippen molar-refractivity contribution in [3.8, 4) is 0 Å². The van der Waals surface area contributed by atoms with Crippen molar-refractivity contribution in [1.82, 2.24) is 9.59 Å². The Morgan fingerprint density at radius 2 is 2.27 bits per heavy atom. The molecule has 6 heteroatoms. The Bertz CT molecular complexity index is 270. The average molecular weight is 173 g/mol. The van der Waals surface area contributed by atoms with Crippen LogP contribution in [-0.2, 0) is 0 Å². The topological polar surface area (TPSA) is 66.3 Å². The zero-order valence-corrected chi connectivity index (χ0v) is 6.92. The Morgan fingerprint density at radius 1 is 1.64 bits per heavy atom. The number of carboxylic acid groups (broad SMARTS) is 1. The van der Waals surface area contributed by atoms with Crippen LogP contribution in [0.25, 0.3) is 0 Å². The van der Waals surface area contributed by atoms with Crippen molar-refractivity contribution in [2.45, 2.75) is 0 Å². The summed E-state index contributed by atoms with van der Waals surface area (Å²) < 4.78 is 3.53. The van der Waals surface area contributed by atoms with E-state index in [0.29, 0.717) is 5.00 Å². The van der Waals surface area contributed by atoms with Crippen LogP contribution in [0.15, 0.2) is 0 Å². The minimum atomic E-state index is -1.04. The second-order valence-corrected chi connectivity index (χ2v) is 2.86. The summed E-state index contributed by atoms with van der Waals surface area (Å²) in [7, 11) is 3.50. The Kier molecular flexibility index (Phi) is 2.04. The van der Waals surface area contributed by atoms with Gasteiger partial charge in [0.25, 0.3) is 0 Å². The van der Waals surface area contributed by atoms with Gasteiger partial charge in [-0.25, -0.2) is 4.79 Å². The van der Waals surface area contributed by atoms with Crippen LogP contribution in [0, 0.1) is 0 Å². The highest BCUT2D eigenvalue weighted by Gasteiger charge is 2.15. The molecule has 0 fully saturated rings. The van der Waals surface area contributed by atoms with E-state index in [4.69, 9.17) is 5.11 Å². The number of rotatable bonds is 2. The molecule has 0 spiro atoms. The van der Waals surface area contributed by atoms with Gasteiger partial charge in [0.2, 0.25) is 5.69 Å². The lowest BCUT2D eigenvalue weighted by Gasteiger charge is -2.07. The fraction of sp³-hybridized carbons (Fsp3) is 0.400. The Balaban J connectivity index is 3.06. The van der Waals surface area contributed by atoms with Crippen LogP contribution in [-0.4, -0.2) is 34.8 Å². The normalized spacial score (nSPS) is 9.64. The molecule has 1 aromatic rings. The molecule has 1 rings (SSSR count). The molecule has 0 radical (unpaired) electrons. The number of aromatic nitrogens is 2. The third kappa shape index (κ3) is 1.45. The molecule has 0 bridgehead atoms. The molecule has 0 aliphatic rings. The molecule has 0 aliphatic carbocycles. The van der Waals surface area contributed by atoms with E-state index in [-0.39, 0.29) is 5.69 Å². The number of anilines is 1. The summed E-state index contributed by atoms with van der Waals surface area (Å²) in [5, 5.41) is 12.6. The van der Waals surface area contributed by atoms with Crippen molar-refractivity contribution in [2.75, 3.05) is 19.0 Å². The first kappa shape index (κ1) is 7.93. The van der Waals surface area contributed by atoms with Crippen LogP contribution < -0.4 is 4.90 Å². The van der Waals surface area contributed by atoms with Crippen molar-refractivity contribution in [2.24, 2.45) is 0 Å². The molecule has 1 N–H and O–H groups in total. The summed E-state index contributed by atoms with van der Waals surface area (Å²) >= 11 is 1.07. The van der Waals surface area contributed by atoms with E-state index in [9.17, 15) is 4.79 Å². The second-order valence-electron chi connectivity index (χ2n) is 2.13. The first-order valence-electron chi connectivity index (χ1n) is 2.86. The Labute approximate surface area is 67.4 Å². The highest BCUT2D eigenvalue weighted by atomic mass is 32.1. The largest absolute Gasteiger partial charge is 0.476 e. The molecule has 0 unspecified atom stereocenters. The molecule has 60 valence electrons. The van der Waals surface area contributed by atoms with Gasteiger partial charge in [0, 0.05) is 25.6 Å². The quantitative estimate of drug-likeness (QED) is 0.696. The molecule has 0 saturated carbocycles. The van der Waals surface area contributed by atoms with Crippen LogP contribution in [0.3, 0.4) is 0 Å². The molecule has 0 amide bonds. The van der Waals surface area contributed by atoms with E-state index in [0.717, 1.165) is 11.5 Å². The maximum absolute atomic E-state index is 10.5. The van der Waals surface area contributed by atoms with E-state index >= 15 is 0 Å². The summed E-state index contributed by atoms with van der Waals surface area (Å²) in [6, 6.07) is 0. The zero-order chi connectivity index (χ0) is 8.43. The van der Waals surface area contributed by atoms with Crippen LogP contribution >= 0.6 is 11.5 Å². The van der Waals surface area contributed by atoms with E-state index < -0.39 is 5.97 Å². The number of hydrogen-bond acceptors (Lipinski definition) is 5.